The summed E-state index contributed by atoms with van der Waals surface area (Å²) in [4.78, 5) is 11.8. The van der Waals surface area contributed by atoms with E-state index in [-0.39, 0.29) is 5.91 Å². The van der Waals surface area contributed by atoms with Gasteiger partial charge in [-0.15, -0.1) is 0 Å². The van der Waals surface area contributed by atoms with Crippen LogP contribution in [-0.2, 0) is 0 Å². The predicted molar refractivity (Wildman–Crippen MR) is 82.2 cm³/mol. The van der Waals surface area contributed by atoms with E-state index in [9.17, 15) is 4.79 Å². The summed E-state index contributed by atoms with van der Waals surface area (Å²) in [5, 5.41) is 3.94. The van der Waals surface area contributed by atoms with Gasteiger partial charge in [-0.3, -0.25) is 4.79 Å². The number of carbonyl (C=O) groups excluding carboxylic acids is 1. The van der Waals surface area contributed by atoms with Crippen LogP contribution < -0.4 is 10.2 Å². The Balaban J connectivity index is 1.99. The van der Waals surface area contributed by atoms with Gasteiger partial charge < -0.3 is 4.74 Å². The van der Waals surface area contributed by atoms with Gasteiger partial charge in [-0.1, -0.05) is 34.1 Å². The lowest BCUT2D eigenvalue weighted by Crippen LogP contribution is -2.17. The minimum Gasteiger partial charge on any atom is -0.497 e. The van der Waals surface area contributed by atoms with E-state index in [2.05, 4.69) is 26.5 Å². The van der Waals surface area contributed by atoms with E-state index >= 15 is 0 Å². The van der Waals surface area contributed by atoms with E-state index in [1.807, 2.05) is 24.3 Å². The average molecular weight is 333 g/mol. The average Bonchev–Trinajstić information content (AvgIpc) is 2.49. The molecule has 1 N–H and O–H groups in total. The third kappa shape index (κ3) is 3.68. The number of rotatable bonds is 4. The van der Waals surface area contributed by atoms with Gasteiger partial charge in [-0.25, -0.2) is 5.43 Å². The van der Waals surface area contributed by atoms with Crippen molar-refractivity contribution in [2.75, 3.05) is 7.11 Å². The maximum Gasteiger partial charge on any atom is 0.271 e. The molecule has 1 amide bonds. The minimum absolute atomic E-state index is 0.268. The van der Waals surface area contributed by atoms with E-state index in [0.717, 1.165) is 10.0 Å². The van der Waals surface area contributed by atoms with Crippen molar-refractivity contribution in [3.63, 3.8) is 0 Å². The van der Waals surface area contributed by atoms with Crippen LogP contribution in [0.15, 0.2) is 58.1 Å². The molecule has 0 unspecified atom stereocenters. The molecule has 0 bridgehead atoms. The Morgan fingerprint density at radius 3 is 2.55 bits per heavy atom. The summed E-state index contributed by atoms with van der Waals surface area (Å²) in [6.45, 7) is 0. The van der Waals surface area contributed by atoms with Gasteiger partial charge >= 0.3 is 0 Å². The van der Waals surface area contributed by atoms with E-state index in [1.54, 1.807) is 37.6 Å². The summed E-state index contributed by atoms with van der Waals surface area (Å²) in [6.07, 6.45) is 1.59. The van der Waals surface area contributed by atoms with Gasteiger partial charge in [-0.05, 0) is 30.3 Å². The molecule has 2 rings (SSSR count). The van der Waals surface area contributed by atoms with Crippen molar-refractivity contribution in [2.24, 2.45) is 5.10 Å². The molecular formula is C15H13BrN2O2. The van der Waals surface area contributed by atoms with E-state index in [4.69, 9.17) is 4.74 Å². The van der Waals surface area contributed by atoms with Crippen molar-refractivity contribution in [3.05, 3.63) is 64.1 Å². The topological polar surface area (TPSA) is 50.7 Å². The highest BCUT2D eigenvalue weighted by molar-refractivity contribution is 9.10. The highest BCUT2D eigenvalue weighted by Gasteiger charge is 2.03. The Morgan fingerprint density at radius 1 is 1.20 bits per heavy atom. The number of ether oxygens (including phenoxy) is 1. The maximum absolute atomic E-state index is 11.8. The van der Waals surface area contributed by atoms with Gasteiger partial charge in [0.05, 0.1) is 13.3 Å². The number of methoxy groups -OCH3 is 1. The van der Waals surface area contributed by atoms with Gasteiger partial charge in [0.1, 0.15) is 5.75 Å². The van der Waals surface area contributed by atoms with E-state index in [1.165, 1.54) is 0 Å². The van der Waals surface area contributed by atoms with Crippen molar-refractivity contribution in [1.82, 2.24) is 5.43 Å². The van der Waals surface area contributed by atoms with Crippen molar-refractivity contribution in [2.45, 2.75) is 0 Å². The fraction of sp³-hybridized carbons (Fsp3) is 0.0667. The second kappa shape index (κ2) is 6.86. The zero-order chi connectivity index (χ0) is 14.4. The van der Waals surface area contributed by atoms with Gasteiger partial charge in [-0.2, -0.15) is 5.10 Å². The first-order valence-corrected chi connectivity index (χ1v) is 6.72. The van der Waals surface area contributed by atoms with E-state index < -0.39 is 0 Å². The normalized spacial score (nSPS) is 10.5. The standard InChI is InChI=1S/C15H13BrN2O2/c1-20-13-8-6-11(7-9-13)15(19)18-17-10-12-4-2-3-5-14(12)16/h2-10H,1H3,(H,18,19)/b17-10+. The molecule has 0 aliphatic rings. The van der Waals surface area contributed by atoms with E-state index in [0.29, 0.717) is 11.3 Å². The molecule has 0 aliphatic carbocycles. The molecular weight excluding hydrogens is 320 g/mol. The molecule has 102 valence electrons. The number of nitrogens with zero attached hydrogens (tertiary/aromatic N) is 1. The number of carbonyl (C=O) groups is 1. The summed E-state index contributed by atoms with van der Waals surface area (Å²) < 4.78 is 5.95. The molecule has 0 aliphatic heterocycles. The van der Waals surface area contributed by atoms with Gasteiger partial charge in [0.15, 0.2) is 0 Å². The molecule has 0 saturated carbocycles. The predicted octanol–water partition coefficient (Wildman–Crippen LogP) is 3.22. The number of nitrogens with one attached hydrogen (secondary N) is 1. The lowest BCUT2D eigenvalue weighted by Gasteiger charge is -2.02. The summed E-state index contributed by atoms with van der Waals surface area (Å²) in [5.41, 5.74) is 3.90. The number of benzene rings is 2. The number of halogens is 1. The Hall–Kier alpha value is -2.14. The first-order chi connectivity index (χ1) is 9.70. The molecule has 0 fully saturated rings. The SMILES string of the molecule is COc1ccc(C(=O)N/N=C/c2ccccc2Br)cc1. The Kier molecular flexibility index (Phi) is 4.90. The molecule has 0 spiro atoms. The lowest BCUT2D eigenvalue weighted by atomic mass is 10.2. The maximum atomic E-state index is 11.8. The van der Waals surface area contributed by atoms with Gasteiger partial charge in [0.2, 0.25) is 0 Å². The van der Waals surface area contributed by atoms with Crippen molar-refractivity contribution >= 4 is 28.1 Å². The monoisotopic (exact) mass is 332 g/mol. The number of hydrogen-bond acceptors (Lipinski definition) is 3. The molecule has 0 heterocycles. The Bertz CT molecular complexity index is 624. The Labute approximate surface area is 125 Å². The van der Waals surface area contributed by atoms with Crippen molar-refractivity contribution in [1.29, 1.82) is 0 Å². The lowest BCUT2D eigenvalue weighted by molar-refractivity contribution is 0.0955. The number of hydrogen-bond donors (Lipinski definition) is 1. The second-order valence-corrected chi connectivity index (χ2v) is 4.80. The third-order valence-corrected chi connectivity index (χ3v) is 3.35. The smallest absolute Gasteiger partial charge is 0.271 e. The Morgan fingerprint density at radius 2 is 1.90 bits per heavy atom. The van der Waals surface area contributed by atoms with Gasteiger partial charge in [0.25, 0.3) is 5.91 Å². The fourth-order valence-corrected chi connectivity index (χ4v) is 1.93. The first-order valence-electron chi connectivity index (χ1n) is 5.92. The number of amides is 1. The highest BCUT2D eigenvalue weighted by atomic mass is 79.9. The summed E-state index contributed by atoms with van der Waals surface area (Å²) in [6, 6.07) is 14.4. The van der Waals surface area contributed by atoms with Crippen molar-refractivity contribution in [3.8, 4) is 5.75 Å². The summed E-state index contributed by atoms with van der Waals surface area (Å²) in [7, 11) is 1.58. The molecule has 5 heteroatoms. The summed E-state index contributed by atoms with van der Waals surface area (Å²) in [5.74, 6) is 0.439. The zero-order valence-electron chi connectivity index (χ0n) is 10.8. The third-order valence-electron chi connectivity index (χ3n) is 2.63. The van der Waals surface area contributed by atoms with Crippen molar-refractivity contribution < 1.29 is 9.53 Å². The quantitative estimate of drug-likeness (QED) is 0.690. The van der Waals surface area contributed by atoms with Crippen LogP contribution in [-0.4, -0.2) is 19.2 Å². The molecule has 2 aromatic carbocycles. The van der Waals surface area contributed by atoms with Crippen LogP contribution in [0.25, 0.3) is 0 Å². The van der Waals surface area contributed by atoms with Gasteiger partial charge in [0, 0.05) is 15.6 Å². The second-order valence-electron chi connectivity index (χ2n) is 3.95. The molecule has 2 aromatic rings. The van der Waals surface area contributed by atoms with Crippen LogP contribution in [0.4, 0.5) is 0 Å². The first kappa shape index (κ1) is 14.3. The minimum atomic E-state index is -0.268. The van der Waals surface area contributed by atoms with Crippen LogP contribution in [0.1, 0.15) is 15.9 Å². The van der Waals surface area contributed by atoms with Crippen LogP contribution in [0, 0.1) is 0 Å². The largest absolute Gasteiger partial charge is 0.497 e. The zero-order valence-corrected chi connectivity index (χ0v) is 12.4. The molecule has 0 radical (unpaired) electrons. The molecule has 20 heavy (non-hydrogen) atoms. The van der Waals surface area contributed by atoms with Crippen LogP contribution in [0.2, 0.25) is 0 Å². The molecule has 0 saturated heterocycles. The fourth-order valence-electron chi connectivity index (χ4n) is 1.55. The van der Waals surface area contributed by atoms with Crippen LogP contribution in [0.3, 0.4) is 0 Å². The molecule has 0 atom stereocenters. The van der Waals surface area contributed by atoms with Crippen LogP contribution >= 0.6 is 15.9 Å². The van der Waals surface area contributed by atoms with Crippen LogP contribution in [0.5, 0.6) is 5.75 Å². The highest BCUT2D eigenvalue weighted by Crippen LogP contribution is 2.13. The summed E-state index contributed by atoms with van der Waals surface area (Å²) >= 11 is 3.41. The number of hydrazone groups is 1. The molecule has 0 aromatic heterocycles. The molecule has 4 nitrogen and oxygen atoms in total.